The lowest BCUT2D eigenvalue weighted by atomic mass is 9.53. The number of hydrogen-bond donors (Lipinski definition) is 3. The summed E-state index contributed by atoms with van der Waals surface area (Å²) in [5, 5.41) is 24.4. The molecule has 0 saturated heterocycles. The van der Waals surface area contributed by atoms with Gasteiger partial charge >= 0.3 is 0 Å². The van der Waals surface area contributed by atoms with E-state index in [1.165, 1.54) is 17.5 Å². The van der Waals surface area contributed by atoms with Gasteiger partial charge in [0, 0.05) is 5.41 Å². The Morgan fingerprint density at radius 3 is 2.80 bits per heavy atom. The first-order chi connectivity index (χ1) is 9.61. The molecule has 0 bridgehead atoms. The fraction of sp³-hybridized carbons (Fsp3) is 0.647. The Labute approximate surface area is 121 Å². The van der Waals surface area contributed by atoms with Crippen LogP contribution in [0, 0.1) is 0 Å². The zero-order valence-corrected chi connectivity index (χ0v) is 12.3. The zero-order valence-electron chi connectivity index (χ0n) is 12.3. The van der Waals surface area contributed by atoms with Gasteiger partial charge in [0.25, 0.3) is 0 Å². The molecule has 0 spiro atoms. The van der Waals surface area contributed by atoms with Crippen molar-refractivity contribution in [2.24, 2.45) is 0 Å². The molecule has 3 rings (SSSR count). The molecule has 1 fully saturated rings. The van der Waals surface area contributed by atoms with Crippen molar-refractivity contribution in [3.63, 3.8) is 0 Å². The molecule has 2 aliphatic rings. The maximum atomic E-state index is 11.3. The van der Waals surface area contributed by atoms with Gasteiger partial charge in [-0.05, 0) is 69.0 Å². The third kappa shape index (κ3) is 1.95. The number of aromatic hydroxyl groups is 1. The average Bonchev–Trinajstić information content (AvgIpc) is 2.45. The van der Waals surface area contributed by atoms with Crippen LogP contribution in [0.2, 0.25) is 0 Å². The molecule has 2 aliphatic carbocycles. The molecule has 0 radical (unpaired) electrons. The van der Waals surface area contributed by atoms with E-state index < -0.39 is 5.60 Å². The summed E-state index contributed by atoms with van der Waals surface area (Å²) >= 11 is 0. The number of phenols is 1. The van der Waals surface area contributed by atoms with Gasteiger partial charge in [0.2, 0.25) is 0 Å². The molecule has 0 aromatic heterocycles. The molecule has 3 N–H and O–H groups in total. The number of fused-ring (bicyclic) bond motifs is 3. The number of phenolic OH excluding ortho intramolecular Hbond substituents is 1. The molecule has 1 aromatic rings. The van der Waals surface area contributed by atoms with E-state index in [-0.39, 0.29) is 5.41 Å². The van der Waals surface area contributed by atoms with Crippen LogP contribution in [0.1, 0.15) is 49.7 Å². The van der Waals surface area contributed by atoms with Crippen LogP contribution in [-0.4, -0.2) is 29.4 Å². The highest BCUT2D eigenvalue weighted by molar-refractivity contribution is 5.45. The molecule has 3 heteroatoms. The topological polar surface area (TPSA) is 52.5 Å². The van der Waals surface area contributed by atoms with Crippen LogP contribution in [0.25, 0.3) is 0 Å². The van der Waals surface area contributed by atoms with Gasteiger partial charge in [-0.2, -0.15) is 0 Å². The van der Waals surface area contributed by atoms with Crippen LogP contribution in [0.4, 0.5) is 0 Å². The highest BCUT2D eigenvalue weighted by Crippen LogP contribution is 2.54. The maximum absolute atomic E-state index is 11.3. The first-order valence-electron chi connectivity index (χ1n) is 7.81. The normalized spacial score (nSPS) is 32.5. The number of aliphatic hydroxyl groups is 1. The van der Waals surface area contributed by atoms with Crippen molar-refractivity contribution in [1.29, 1.82) is 0 Å². The van der Waals surface area contributed by atoms with Crippen molar-refractivity contribution in [1.82, 2.24) is 5.32 Å². The van der Waals surface area contributed by atoms with Gasteiger partial charge in [-0.15, -0.1) is 0 Å². The first kappa shape index (κ1) is 13.9. The van der Waals surface area contributed by atoms with Crippen LogP contribution in [-0.2, 0) is 11.8 Å². The van der Waals surface area contributed by atoms with E-state index in [1.54, 1.807) is 6.07 Å². The van der Waals surface area contributed by atoms with Gasteiger partial charge in [-0.3, -0.25) is 0 Å². The van der Waals surface area contributed by atoms with Gasteiger partial charge in [-0.1, -0.05) is 18.9 Å². The summed E-state index contributed by atoms with van der Waals surface area (Å²) in [6.07, 6.45) is 6.93. The van der Waals surface area contributed by atoms with Gasteiger partial charge in [0.1, 0.15) is 5.75 Å². The maximum Gasteiger partial charge on any atom is 0.115 e. The summed E-state index contributed by atoms with van der Waals surface area (Å²) < 4.78 is 0. The van der Waals surface area contributed by atoms with Gasteiger partial charge in [0.15, 0.2) is 0 Å². The summed E-state index contributed by atoms with van der Waals surface area (Å²) in [4.78, 5) is 0. The monoisotopic (exact) mass is 275 g/mol. The lowest BCUT2D eigenvalue weighted by molar-refractivity contribution is -0.0867. The Morgan fingerprint density at radius 2 is 2.00 bits per heavy atom. The molecular weight excluding hydrogens is 250 g/mol. The lowest BCUT2D eigenvalue weighted by Crippen LogP contribution is -2.57. The second kappa shape index (κ2) is 5.05. The molecule has 0 unspecified atom stereocenters. The molecule has 3 nitrogen and oxygen atoms in total. The van der Waals surface area contributed by atoms with E-state index in [0.717, 1.165) is 45.1 Å². The van der Waals surface area contributed by atoms with E-state index in [4.69, 9.17) is 0 Å². The molecule has 110 valence electrons. The summed E-state index contributed by atoms with van der Waals surface area (Å²) in [6, 6.07) is 5.72. The molecule has 0 amide bonds. The fourth-order valence-electron chi connectivity index (χ4n) is 4.47. The summed E-state index contributed by atoms with van der Waals surface area (Å²) in [6.45, 7) is 0.900. The van der Waals surface area contributed by atoms with E-state index in [1.807, 2.05) is 19.2 Å². The van der Waals surface area contributed by atoms with E-state index in [2.05, 4.69) is 5.32 Å². The van der Waals surface area contributed by atoms with Gasteiger partial charge < -0.3 is 15.5 Å². The van der Waals surface area contributed by atoms with Gasteiger partial charge in [0.05, 0.1) is 5.60 Å². The fourth-order valence-corrected chi connectivity index (χ4v) is 4.47. The molecule has 1 saturated carbocycles. The van der Waals surface area contributed by atoms with Crippen molar-refractivity contribution in [2.45, 2.75) is 56.0 Å². The van der Waals surface area contributed by atoms with Crippen LogP contribution < -0.4 is 5.32 Å². The lowest BCUT2D eigenvalue weighted by Gasteiger charge is -2.55. The molecule has 0 heterocycles. The Bertz CT molecular complexity index is 502. The second-order valence-corrected chi connectivity index (χ2v) is 6.52. The van der Waals surface area contributed by atoms with Crippen LogP contribution in [0.15, 0.2) is 18.2 Å². The first-order valence-corrected chi connectivity index (χ1v) is 7.81. The smallest absolute Gasteiger partial charge is 0.115 e. The Balaban J connectivity index is 2.12. The standard InChI is InChI=1S/C17H25NO2/c1-18-11-10-16-7-2-3-8-17(16,20)9-6-13-4-5-14(19)12-15(13)16/h4-5,12,18-20H,2-3,6-11H2,1H3/t16-,17+/m0/s1. The number of hydrogen-bond acceptors (Lipinski definition) is 3. The van der Waals surface area contributed by atoms with Crippen molar-refractivity contribution in [3.8, 4) is 5.75 Å². The summed E-state index contributed by atoms with van der Waals surface area (Å²) in [5.41, 5.74) is 1.73. The predicted molar refractivity (Wildman–Crippen MR) is 80.1 cm³/mol. The Hall–Kier alpha value is -1.06. The van der Waals surface area contributed by atoms with Crippen molar-refractivity contribution < 1.29 is 10.2 Å². The van der Waals surface area contributed by atoms with Crippen LogP contribution in [0.5, 0.6) is 5.75 Å². The summed E-state index contributed by atoms with van der Waals surface area (Å²) in [5.74, 6) is 0.322. The largest absolute Gasteiger partial charge is 0.508 e. The second-order valence-electron chi connectivity index (χ2n) is 6.52. The number of rotatable bonds is 3. The minimum Gasteiger partial charge on any atom is -0.508 e. The van der Waals surface area contributed by atoms with E-state index in [0.29, 0.717) is 5.75 Å². The number of aryl methyl sites for hydroxylation is 1. The van der Waals surface area contributed by atoms with Crippen molar-refractivity contribution in [3.05, 3.63) is 29.3 Å². The van der Waals surface area contributed by atoms with Crippen LogP contribution >= 0.6 is 0 Å². The quantitative estimate of drug-likeness (QED) is 0.794. The summed E-state index contributed by atoms with van der Waals surface area (Å²) in [7, 11) is 1.96. The van der Waals surface area contributed by atoms with Gasteiger partial charge in [-0.25, -0.2) is 0 Å². The average molecular weight is 275 g/mol. The minimum absolute atomic E-state index is 0.180. The molecule has 1 aromatic carbocycles. The predicted octanol–water partition coefficient (Wildman–Crippen LogP) is 2.49. The molecule has 2 atom stereocenters. The van der Waals surface area contributed by atoms with Crippen molar-refractivity contribution in [2.75, 3.05) is 13.6 Å². The van der Waals surface area contributed by atoms with E-state index >= 15 is 0 Å². The molecular formula is C17H25NO2. The minimum atomic E-state index is -0.594. The highest BCUT2D eigenvalue weighted by Gasteiger charge is 2.54. The number of nitrogens with one attached hydrogen (secondary N) is 1. The van der Waals surface area contributed by atoms with E-state index in [9.17, 15) is 10.2 Å². The number of benzene rings is 1. The Morgan fingerprint density at radius 1 is 1.20 bits per heavy atom. The Kier molecular flexibility index (Phi) is 3.51. The highest BCUT2D eigenvalue weighted by atomic mass is 16.3. The SMILES string of the molecule is CNCC[C@]12CCCC[C@@]1(O)CCc1ccc(O)cc12. The zero-order chi connectivity index (χ0) is 14.2. The third-order valence-corrected chi connectivity index (χ3v) is 5.55. The third-order valence-electron chi connectivity index (χ3n) is 5.55. The molecule has 0 aliphatic heterocycles. The van der Waals surface area contributed by atoms with Crippen molar-refractivity contribution >= 4 is 0 Å². The van der Waals surface area contributed by atoms with Crippen LogP contribution in [0.3, 0.4) is 0 Å². The molecule has 20 heavy (non-hydrogen) atoms.